The highest BCUT2D eigenvalue weighted by molar-refractivity contribution is 7.90. The van der Waals surface area contributed by atoms with Crippen molar-refractivity contribution in [1.29, 1.82) is 0 Å². The SMILES string of the molecule is CNS(=O)(=O)Nc1ccc(/C=C/C(=O)N(C)Cc2oc3ccccc3c2C)cn1. The van der Waals surface area contributed by atoms with Gasteiger partial charge in [-0.05, 0) is 36.8 Å². The van der Waals surface area contributed by atoms with Gasteiger partial charge in [-0.1, -0.05) is 18.2 Å². The molecule has 0 saturated carbocycles. The third-order valence-electron chi connectivity index (χ3n) is 4.41. The number of fused-ring (bicyclic) bond motifs is 1. The van der Waals surface area contributed by atoms with Gasteiger partial charge in [-0.25, -0.2) is 9.71 Å². The standard InChI is InChI=1S/C20H22N4O4S/c1-14-16-6-4-5-7-17(16)28-18(14)13-24(3)20(25)11-9-15-8-10-19(22-12-15)23-29(26,27)21-2/h4-12,21H,13H2,1-3H3,(H,22,23)/b11-9+. The maximum absolute atomic E-state index is 12.4. The minimum Gasteiger partial charge on any atom is -0.459 e. The van der Waals surface area contributed by atoms with Crippen molar-refractivity contribution in [3.8, 4) is 0 Å². The van der Waals surface area contributed by atoms with Crippen LogP contribution < -0.4 is 9.44 Å². The molecule has 0 fully saturated rings. The molecule has 29 heavy (non-hydrogen) atoms. The summed E-state index contributed by atoms with van der Waals surface area (Å²) in [5.74, 6) is 0.739. The summed E-state index contributed by atoms with van der Waals surface area (Å²) in [4.78, 5) is 18.0. The van der Waals surface area contributed by atoms with Crippen molar-refractivity contribution in [2.45, 2.75) is 13.5 Å². The summed E-state index contributed by atoms with van der Waals surface area (Å²) in [6, 6.07) is 10.9. The van der Waals surface area contributed by atoms with E-state index in [4.69, 9.17) is 4.42 Å². The second-order valence-electron chi connectivity index (χ2n) is 6.46. The number of anilines is 1. The zero-order valence-electron chi connectivity index (χ0n) is 16.3. The van der Waals surface area contributed by atoms with Crippen molar-refractivity contribution in [3.05, 3.63) is 65.6 Å². The molecule has 1 aromatic carbocycles. The van der Waals surface area contributed by atoms with Crippen LogP contribution in [0.4, 0.5) is 5.82 Å². The quantitative estimate of drug-likeness (QED) is 0.579. The Labute approximate surface area is 169 Å². The molecule has 0 aliphatic heterocycles. The smallest absolute Gasteiger partial charge is 0.300 e. The largest absolute Gasteiger partial charge is 0.459 e. The lowest BCUT2D eigenvalue weighted by molar-refractivity contribution is -0.125. The first-order valence-electron chi connectivity index (χ1n) is 8.86. The molecule has 0 spiro atoms. The van der Waals surface area contributed by atoms with Crippen molar-refractivity contribution in [3.63, 3.8) is 0 Å². The predicted octanol–water partition coefficient (Wildman–Crippen LogP) is 2.68. The van der Waals surface area contributed by atoms with Gasteiger partial charge in [-0.15, -0.1) is 0 Å². The van der Waals surface area contributed by atoms with E-state index in [0.29, 0.717) is 12.1 Å². The van der Waals surface area contributed by atoms with Crippen LogP contribution in [-0.2, 0) is 21.5 Å². The number of para-hydroxylation sites is 1. The fourth-order valence-corrected chi connectivity index (χ4v) is 3.21. The van der Waals surface area contributed by atoms with E-state index in [0.717, 1.165) is 22.3 Å². The average molecular weight is 414 g/mol. The highest BCUT2D eigenvalue weighted by Crippen LogP contribution is 2.25. The van der Waals surface area contributed by atoms with E-state index >= 15 is 0 Å². The summed E-state index contributed by atoms with van der Waals surface area (Å²) < 4.78 is 33.1. The van der Waals surface area contributed by atoms with Crippen LogP contribution in [0.3, 0.4) is 0 Å². The van der Waals surface area contributed by atoms with Crippen LogP contribution in [0, 0.1) is 6.92 Å². The van der Waals surface area contributed by atoms with Gasteiger partial charge in [-0.3, -0.25) is 9.52 Å². The normalized spacial score (nSPS) is 11.8. The molecule has 3 rings (SSSR count). The van der Waals surface area contributed by atoms with E-state index in [-0.39, 0.29) is 11.7 Å². The van der Waals surface area contributed by atoms with Crippen LogP contribution in [0.25, 0.3) is 17.0 Å². The van der Waals surface area contributed by atoms with Crippen LogP contribution in [-0.4, -0.2) is 38.3 Å². The fraction of sp³-hybridized carbons (Fsp3) is 0.200. The zero-order valence-corrected chi connectivity index (χ0v) is 17.2. The Morgan fingerprint density at radius 2 is 2.00 bits per heavy atom. The van der Waals surface area contributed by atoms with Crippen molar-refractivity contribution >= 4 is 39.0 Å². The number of amides is 1. The number of benzene rings is 1. The first-order valence-corrected chi connectivity index (χ1v) is 10.3. The third-order valence-corrected chi connectivity index (χ3v) is 5.43. The van der Waals surface area contributed by atoms with E-state index in [9.17, 15) is 13.2 Å². The van der Waals surface area contributed by atoms with E-state index in [1.54, 1.807) is 24.1 Å². The van der Waals surface area contributed by atoms with Gasteiger partial charge in [0, 0.05) is 37.3 Å². The molecule has 0 aliphatic carbocycles. The number of aryl methyl sites for hydroxylation is 1. The number of aromatic nitrogens is 1. The molecule has 3 aromatic rings. The lowest BCUT2D eigenvalue weighted by Gasteiger charge is -2.13. The highest BCUT2D eigenvalue weighted by Gasteiger charge is 2.14. The monoisotopic (exact) mass is 414 g/mol. The summed E-state index contributed by atoms with van der Waals surface area (Å²) in [7, 11) is -0.614. The Hall–Kier alpha value is -3.17. The summed E-state index contributed by atoms with van der Waals surface area (Å²) >= 11 is 0. The molecule has 0 radical (unpaired) electrons. The molecule has 9 heteroatoms. The molecule has 0 atom stereocenters. The first-order chi connectivity index (χ1) is 13.8. The number of pyridine rings is 1. The highest BCUT2D eigenvalue weighted by atomic mass is 32.2. The maximum Gasteiger partial charge on any atom is 0.300 e. The van der Waals surface area contributed by atoms with Crippen LogP contribution in [0.1, 0.15) is 16.9 Å². The number of nitrogens with zero attached hydrogens (tertiary/aromatic N) is 2. The summed E-state index contributed by atoms with van der Waals surface area (Å²) in [6.45, 7) is 2.33. The molecule has 2 aromatic heterocycles. The number of likely N-dealkylation sites (N-methyl/N-ethyl adjacent to an activating group) is 1. The third kappa shape index (κ3) is 5.01. The van der Waals surface area contributed by atoms with Gasteiger partial charge in [0.1, 0.15) is 17.2 Å². The topological polar surface area (TPSA) is 105 Å². The van der Waals surface area contributed by atoms with Crippen molar-refractivity contribution in [2.75, 3.05) is 18.8 Å². The molecule has 0 bridgehead atoms. The molecular formula is C20H22N4O4S. The summed E-state index contributed by atoms with van der Waals surface area (Å²) in [6.07, 6.45) is 4.53. The molecule has 0 aliphatic rings. The molecule has 0 saturated heterocycles. The van der Waals surface area contributed by atoms with E-state index in [1.807, 2.05) is 31.2 Å². The Bertz CT molecular complexity index is 1150. The van der Waals surface area contributed by atoms with Gasteiger partial charge in [0.15, 0.2) is 0 Å². The fourth-order valence-electron chi connectivity index (χ4n) is 2.72. The number of nitrogens with one attached hydrogen (secondary N) is 2. The molecular weight excluding hydrogens is 392 g/mol. The van der Waals surface area contributed by atoms with Crippen molar-refractivity contribution in [1.82, 2.24) is 14.6 Å². The van der Waals surface area contributed by atoms with Crippen LogP contribution in [0.2, 0.25) is 0 Å². The molecule has 152 valence electrons. The minimum atomic E-state index is -3.62. The zero-order chi connectivity index (χ0) is 21.0. The molecule has 0 unspecified atom stereocenters. The molecule has 2 heterocycles. The number of hydrogen-bond donors (Lipinski definition) is 2. The predicted molar refractivity (Wildman–Crippen MR) is 112 cm³/mol. The van der Waals surface area contributed by atoms with Crippen LogP contribution in [0.5, 0.6) is 0 Å². The number of hydrogen-bond acceptors (Lipinski definition) is 5. The van der Waals surface area contributed by atoms with E-state index in [2.05, 4.69) is 14.4 Å². The summed E-state index contributed by atoms with van der Waals surface area (Å²) in [5.41, 5.74) is 2.49. The number of carbonyl (C=O) groups excluding carboxylic acids is 1. The Morgan fingerprint density at radius 3 is 2.66 bits per heavy atom. The van der Waals surface area contributed by atoms with Crippen LogP contribution >= 0.6 is 0 Å². The second-order valence-corrected chi connectivity index (χ2v) is 8.08. The Balaban J connectivity index is 1.64. The van der Waals surface area contributed by atoms with Crippen LogP contribution in [0.15, 0.2) is 53.1 Å². The lowest BCUT2D eigenvalue weighted by atomic mass is 10.1. The van der Waals surface area contributed by atoms with Gasteiger partial charge in [-0.2, -0.15) is 8.42 Å². The Morgan fingerprint density at radius 1 is 1.24 bits per heavy atom. The Kier molecular flexibility index (Phi) is 6.00. The molecule has 8 nitrogen and oxygen atoms in total. The van der Waals surface area contributed by atoms with Gasteiger partial charge in [0.25, 0.3) is 10.2 Å². The molecule has 1 amide bonds. The lowest BCUT2D eigenvalue weighted by Crippen LogP contribution is -2.26. The molecule has 2 N–H and O–H groups in total. The van der Waals surface area contributed by atoms with Crippen molar-refractivity contribution in [2.24, 2.45) is 0 Å². The summed E-state index contributed by atoms with van der Waals surface area (Å²) in [5, 5.41) is 1.04. The minimum absolute atomic E-state index is 0.181. The average Bonchev–Trinajstić information content (AvgIpc) is 3.02. The van der Waals surface area contributed by atoms with Gasteiger partial charge in [0.05, 0.1) is 6.54 Å². The number of carbonyl (C=O) groups is 1. The first kappa shape index (κ1) is 20.6. The van der Waals surface area contributed by atoms with Crippen molar-refractivity contribution < 1.29 is 17.6 Å². The van der Waals surface area contributed by atoms with Gasteiger partial charge < -0.3 is 9.32 Å². The number of furan rings is 1. The van der Waals surface area contributed by atoms with Gasteiger partial charge >= 0.3 is 0 Å². The van der Waals surface area contributed by atoms with Gasteiger partial charge in [0.2, 0.25) is 5.91 Å². The van der Waals surface area contributed by atoms with E-state index in [1.165, 1.54) is 25.4 Å². The number of rotatable bonds is 7. The van der Waals surface area contributed by atoms with E-state index < -0.39 is 10.2 Å². The maximum atomic E-state index is 12.4. The second kappa shape index (κ2) is 8.46.